The van der Waals surface area contributed by atoms with Gasteiger partial charge < -0.3 is 9.97 Å². The van der Waals surface area contributed by atoms with E-state index in [-0.39, 0.29) is 0 Å². The molecule has 0 unspecified atom stereocenters. The summed E-state index contributed by atoms with van der Waals surface area (Å²) in [6.07, 6.45) is 0. The number of halogens is 2. The highest BCUT2D eigenvalue weighted by molar-refractivity contribution is 7.71. The van der Waals surface area contributed by atoms with E-state index in [1.807, 2.05) is 0 Å². The molecule has 0 aliphatic heterocycles. The van der Waals surface area contributed by atoms with Gasteiger partial charge in [0.05, 0.1) is 5.52 Å². The molecule has 0 aliphatic carbocycles. The van der Waals surface area contributed by atoms with E-state index in [9.17, 15) is 0 Å². The maximum atomic E-state index is 5.78. The van der Waals surface area contributed by atoms with Crippen molar-refractivity contribution in [3.05, 3.63) is 21.1 Å². The molecule has 2 heterocycles. The van der Waals surface area contributed by atoms with Gasteiger partial charge in [-0.15, -0.1) is 0 Å². The molecule has 2 aromatic rings. The molecule has 0 radical (unpaired) electrons. The third-order valence-electron chi connectivity index (χ3n) is 1.43. The predicted octanol–water partition coefficient (Wildman–Crippen LogP) is 2.93. The lowest BCUT2D eigenvalue weighted by Crippen LogP contribution is -1.78. The van der Waals surface area contributed by atoms with Crippen LogP contribution in [0.1, 0.15) is 0 Å². The van der Waals surface area contributed by atoms with Crippen LogP contribution in [-0.2, 0) is 0 Å². The van der Waals surface area contributed by atoms with Crippen molar-refractivity contribution >= 4 is 46.5 Å². The minimum atomic E-state index is 0.324. The lowest BCUT2D eigenvalue weighted by molar-refractivity contribution is 1.29. The van der Waals surface area contributed by atoms with Gasteiger partial charge in [0.1, 0.15) is 10.7 Å². The van der Waals surface area contributed by atoms with E-state index >= 15 is 0 Å². The molecule has 6 heteroatoms. The van der Waals surface area contributed by atoms with Crippen LogP contribution >= 0.6 is 35.4 Å². The molecule has 3 nitrogen and oxygen atoms in total. The second kappa shape index (κ2) is 2.73. The van der Waals surface area contributed by atoms with Crippen molar-refractivity contribution in [1.29, 1.82) is 0 Å². The van der Waals surface area contributed by atoms with Crippen molar-refractivity contribution < 1.29 is 0 Å². The summed E-state index contributed by atoms with van der Waals surface area (Å²) in [5, 5.41) is 0.669. The Labute approximate surface area is 82.7 Å². The van der Waals surface area contributed by atoms with E-state index in [0.717, 1.165) is 5.52 Å². The zero-order valence-corrected chi connectivity index (χ0v) is 8.02. The first-order valence-corrected chi connectivity index (χ1v) is 4.27. The molecule has 0 aliphatic rings. The Morgan fingerprint density at radius 2 is 2.08 bits per heavy atom. The lowest BCUT2D eigenvalue weighted by atomic mass is 10.4. The second-order valence-electron chi connectivity index (χ2n) is 2.24. The highest BCUT2D eigenvalue weighted by atomic mass is 35.5. The number of aromatic amines is 2. The molecule has 2 N–H and O–H groups in total. The van der Waals surface area contributed by atoms with E-state index in [2.05, 4.69) is 15.0 Å². The molecule has 0 amide bonds. The van der Waals surface area contributed by atoms with E-state index in [4.69, 9.17) is 35.4 Å². The van der Waals surface area contributed by atoms with Crippen molar-refractivity contribution in [2.45, 2.75) is 0 Å². The molecule has 62 valence electrons. The number of rotatable bonds is 0. The normalized spacial score (nSPS) is 10.8. The Balaban J connectivity index is 2.97. The van der Waals surface area contributed by atoms with Gasteiger partial charge in [-0.25, -0.2) is 4.98 Å². The summed E-state index contributed by atoms with van der Waals surface area (Å²) in [6, 6.07) is 1.66. The molecule has 0 saturated carbocycles. The molecule has 0 atom stereocenters. The minimum absolute atomic E-state index is 0.324. The highest BCUT2D eigenvalue weighted by Gasteiger charge is 2.03. The first-order chi connectivity index (χ1) is 5.66. The second-order valence-corrected chi connectivity index (χ2v) is 3.39. The van der Waals surface area contributed by atoms with Gasteiger partial charge in [-0.3, -0.25) is 0 Å². The van der Waals surface area contributed by atoms with Gasteiger partial charge in [-0.2, -0.15) is 0 Å². The number of imidazole rings is 1. The molecule has 0 aromatic carbocycles. The summed E-state index contributed by atoms with van der Waals surface area (Å²) >= 11 is 16.3. The zero-order chi connectivity index (χ0) is 8.72. The Hall–Kier alpha value is -0.580. The van der Waals surface area contributed by atoms with Crippen molar-refractivity contribution in [2.75, 3.05) is 0 Å². The molecule has 12 heavy (non-hydrogen) atoms. The standard InChI is InChI=1S/C6H3Cl2N3S/c7-3-1-2-4(5(8)10-3)11-6(12)9-2/h1H,(H2,9,11,12). The summed E-state index contributed by atoms with van der Waals surface area (Å²) in [7, 11) is 0. The van der Waals surface area contributed by atoms with Gasteiger partial charge in [0, 0.05) is 6.07 Å². The maximum absolute atomic E-state index is 5.78. The summed E-state index contributed by atoms with van der Waals surface area (Å²) < 4.78 is 0.510. The van der Waals surface area contributed by atoms with Crippen LogP contribution < -0.4 is 0 Å². The van der Waals surface area contributed by atoms with E-state index in [1.165, 1.54) is 0 Å². The molecular formula is C6H3Cl2N3S. The highest BCUT2D eigenvalue weighted by Crippen LogP contribution is 2.21. The zero-order valence-electron chi connectivity index (χ0n) is 5.69. The van der Waals surface area contributed by atoms with Crippen LogP contribution in [0.5, 0.6) is 0 Å². The fourth-order valence-corrected chi connectivity index (χ4v) is 1.66. The number of nitrogens with one attached hydrogen (secondary N) is 2. The molecular weight excluding hydrogens is 217 g/mol. The average Bonchev–Trinajstić information content (AvgIpc) is 2.29. The maximum Gasteiger partial charge on any atom is 0.175 e. The monoisotopic (exact) mass is 219 g/mol. The van der Waals surface area contributed by atoms with Crippen LogP contribution in [-0.4, -0.2) is 15.0 Å². The quantitative estimate of drug-likeness (QED) is 0.529. The number of nitrogens with zero attached hydrogens (tertiary/aromatic N) is 1. The predicted molar refractivity (Wildman–Crippen MR) is 51.3 cm³/mol. The molecule has 0 bridgehead atoms. The van der Waals surface area contributed by atoms with Gasteiger partial charge in [0.2, 0.25) is 0 Å². The number of hydrogen-bond acceptors (Lipinski definition) is 2. The summed E-state index contributed by atoms with van der Waals surface area (Å²) in [5.41, 5.74) is 1.45. The van der Waals surface area contributed by atoms with Crippen LogP contribution in [0.4, 0.5) is 0 Å². The fraction of sp³-hybridized carbons (Fsp3) is 0. The molecule has 2 aromatic heterocycles. The van der Waals surface area contributed by atoms with Crippen LogP contribution in [0.15, 0.2) is 6.07 Å². The van der Waals surface area contributed by atoms with Gasteiger partial charge >= 0.3 is 0 Å². The number of hydrogen-bond donors (Lipinski definition) is 2. The number of pyridine rings is 1. The molecule has 2 rings (SSSR count). The summed E-state index contributed by atoms with van der Waals surface area (Å²) in [5.74, 6) is 0. The van der Waals surface area contributed by atoms with Crippen molar-refractivity contribution in [1.82, 2.24) is 15.0 Å². The van der Waals surface area contributed by atoms with E-state index < -0.39 is 0 Å². The summed E-state index contributed by atoms with van der Waals surface area (Å²) in [4.78, 5) is 9.60. The molecule has 0 spiro atoms. The Morgan fingerprint density at radius 3 is 2.83 bits per heavy atom. The van der Waals surface area contributed by atoms with Gasteiger partial charge in [-0.1, -0.05) is 23.2 Å². The average molecular weight is 220 g/mol. The van der Waals surface area contributed by atoms with Gasteiger partial charge in [0.15, 0.2) is 9.92 Å². The topological polar surface area (TPSA) is 44.5 Å². The van der Waals surface area contributed by atoms with E-state index in [0.29, 0.717) is 20.6 Å². The third-order valence-corrected chi connectivity index (χ3v) is 2.10. The molecule has 0 fully saturated rings. The van der Waals surface area contributed by atoms with Crippen molar-refractivity contribution in [2.24, 2.45) is 0 Å². The van der Waals surface area contributed by atoms with Gasteiger partial charge in [-0.05, 0) is 12.2 Å². The summed E-state index contributed by atoms with van der Waals surface area (Å²) in [6.45, 7) is 0. The minimum Gasteiger partial charge on any atom is -0.331 e. The fourth-order valence-electron chi connectivity index (χ4n) is 0.969. The Kier molecular flexibility index (Phi) is 1.83. The SMILES string of the molecule is S=c1[nH]c2cc(Cl)nc(Cl)c2[nH]1. The first-order valence-electron chi connectivity index (χ1n) is 3.11. The van der Waals surface area contributed by atoms with Crippen LogP contribution in [0.25, 0.3) is 11.0 Å². The van der Waals surface area contributed by atoms with E-state index in [1.54, 1.807) is 6.07 Å². The Bertz CT molecular complexity index is 487. The smallest absolute Gasteiger partial charge is 0.175 e. The lowest BCUT2D eigenvalue weighted by Gasteiger charge is -1.92. The van der Waals surface area contributed by atoms with Crippen LogP contribution in [0.2, 0.25) is 10.3 Å². The number of H-pyrrole nitrogens is 2. The first kappa shape index (κ1) is 8.04. The van der Waals surface area contributed by atoms with Crippen molar-refractivity contribution in [3.63, 3.8) is 0 Å². The third kappa shape index (κ3) is 1.22. The number of aromatic nitrogens is 3. The Morgan fingerprint density at radius 1 is 1.33 bits per heavy atom. The van der Waals surface area contributed by atoms with Crippen molar-refractivity contribution in [3.8, 4) is 0 Å². The van der Waals surface area contributed by atoms with Crippen LogP contribution in [0, 0.1) is 4.77 Å². The van der Waals surface area contributed by atoms with Crippen LogP contribution in [0.3, 0.4) is 0 Å². The van der Waals surface area contributed by atoms with Gasteiger partial charge in [0.25, 0.3) is 0 Å². The molecule has 0 saturated heterocycles. The number of fused-ring (bicyclic) bond motifs is 1. The largest absolute Gasteiger partial charge is 0.331 e.